The summed E-state index contributed by atoms with van der Waals surface area (Å²) in [5, 5.41) is 0. The molecule has 7 heteroatoms. The Morgan fingerprint density at radius 3 is 2.38 bits per heavy atom. The second-order valence-electron chi connectivity index (χ2n) is 7.66. The highest BCUT2D eigenvalue weighted by molar-refractivity contribution is 7.90. The van der Waals surface area contributed by atoms with E-state index in [2.05, 4.69) is 11.3 Å². The summed E-state index contributed by atoms with van der Waals surface area (Å²) in [4.78, 5) is 17.1. The van der Waals surface area contributed by atoms with Gasteiger partial charge in [0.1, 0.15) is 4.90 Å². The zero-order valence-corrected chi connectivity index (χ0v) is 15.9. The van der Waals surface area contributed by atoms with Crippen LogP contribution in [-0.2, 0) is 14.8 Å². The van der Waals surface area contributed by atoms with E-state index in [1.807, 2.05) is 21.9 Å². The molecule has 0 bridgehead atoms. The molecule has 0 atom stereocenters. The molecule has 1 amide bonds. The van der Waals surface area contributed by atoms with Gasteiger partial charge >= 0.3 is 0 Å². The molecule has 3 aliphatic rings. The molecule has 0 radical (unpaired) electrons. The molecule has 0 aromatic heterocycles. The lowest BCUT2D eigenvalue weighted by Crippen LogP contribution is -2.46. The van der Waals surface area contributed by atoms with Crippen LogP contribution in [0.25, 0.3) is 0 Å². The molecule has 6 nitrogen and oxygen atoms in total. The molecule has 2 saturated heterocycles. The first-order valence-corrected chi connectivity index (χ1v) is 10.9. The molecule has 4 rings (SSSR count). The average molecular weight is 375 g/mol. The molecular formula is C19H25N3O3S. The molecule has 0 aliphatic carbocycles. The zero-order valence-electron chi connectivity index (χ0n) is 15.1. The number of carbonyl (C=O) groups is 1. The molecule has 1 aromatic rings. The van der Waals surface area contributed by atoms with Gasteiger partial charge in [0.05, 0.1) is 0 Å². The fourth-order valence-corrected chi connectivity index (χ4v) is 5.37. The second-order valence-corrected chi connectivity index (χ2v) is 9.23. The van der Waals surface area contributed by atoms with Gasteiger partial charge in [-0.25, -0.2) is 0 Å². The second kappa shape index (κ2) is 6.68. The molecule has 0 spiro atoms. The maximum absolute atomic E-state index is 12.8. The minimum absolute atomic E-state index is 0.0495. The van der Waals surface area contributed by atoms with E-state index in [0.29, 0.717) is 30.4 Å². The zero-order chi connectivity index (χ0) is 18.3. The van der Waals surface area contributed by atoms with Crippen LogP contribution in [-0.4, -0.2) is 56.1 Å². The lowest BCUT2D eigenvalue weighted by atomic mass is 9.92. The Balaban J connectivity index is 1.42. The van der Waals surface area contributed by atoms with Gasteiger partial charge in [-0.15, -0.1) is 4.40 Å². The van der Waals surface area contributed by atoms with Crippen molar-refractivity contribution >= 4 is 21.8 Å². The van der Waals surface area contributed by atoms with Gasteiger partial charge in [-0.1, -0.05) is 19.1 Å². The van der Waals surface area contributed by atoms with E-state index in [-0.39, 0.29) is 16.7 Å². The van der Waals surface area contributed by atoms with E-state index in [1.165, 1.54) is 0 Å². The van der Waals surface area contributed by atoms with E-state index in [1.54, 1.807) is 12.1 Å². The standard InChI is InChI=1S/C19H25N3O3S/c1-14-6-10-22(11-7-14)19(23)15-8-12-21(13-9-15)18-16-4-2-3-5-17(16)26(24,25)20-18/h2-5,14-15H,6-13H2,1H3. The largest absolute Gasteiger partial charge is 0.355 e. The van der Waals surface area contributed by atoms with Gasteiger partial charge in [-0.05, 0) is 43.7 Å². The molecule has 0 unspecified atom stereocenters. The van der Waals surface area contributed by atoms with Crippen LogP contribution in [0.1, 0.15) is 38.2 Å². The molecule has 0 saturated carbocycles. The van der Waals surface area contributed by atoms with Crippen LogP contribution in [0.5, 0.6) is 0 Å². The van der Waals surface area contributed by atoms with Gasteiger partial charge in [0, 0.05) is 37.7 Å². The minimum Gasteiger partial charge on any atom is -0.355 e. The highest BCUT2D eigenvalue weighted by Gasteiger charge is 2.35. The number of amidine groups is 1. The summed E-state index contributed by atoms with van der Waals surface area (Å²) in [7, 11) is -3.59. The monoisotopic (exact) mass is 375 g/mol. The van der Waals surface area contributed by atoms with Crippen molar-refractivity contribution in [1.82, 2.24) is 9.80 Å². The van der Waals surface area contributed by atoms with Crippen molar-refractivity contribution in [3.63, 3.8) is 0 Å². The number of nitrogens with zero attached hydrogens (tertiary/aromatic N) is 3. The predicted octanol–water partition coefficient (Wildman–Crippen LogP) is 2.11. The number of hydrogen-bond acceptors (Lipinski definition) is 4. The number of likely N-dealkylation sites (tertiary alicyclic amines) is 2. The summed E-state index contributed by atoms with van der Waals surface area (Å²) in [6, 6.07) is 6.97. The van der Waals surface area contributed by atoms with Crippen LogP contribution >= 0.6 is 0 Å². The number of hydrogen-bond donors (Lipinski definition) is 0. The van der Waals surface area contributed by atoms with E-state index < -0.39 is 10.0 Å². The van der Waals surface area contributed by atoms with E-state index in [9.17, 15) is 13.2 Å². The van der Waals surface area contributed by atoms with E-state index >= 15 is 0 Å². The van der Waals surface area contributed by atoms with E-state index in [4.69, 9.17) is 0 Å². The number of carbonyl (C=O) groups excluding carboxylic acids is 1. The number of piperidine rings is 2. The summed E-state index contributed by atoms with van der Waals surface area (Å²) in [6.07, 6.45) is 3.70. The minimum atomic E-state index is -3.59. The predicted molar refractivity (Wildman–Crippen MR) is 99.4 cm³/mol. The normalized spacial score (nSPS) is 23.7. The molecule has 3 aliphatic heterocycles. The first-order chi connectivity index (χ1) is 12.5. The van der Waals surface area contributed by atoms with Crippen LogP contribution in [0.2, 0.25) is 0 Å². The SMILES string of the molecule is CC1CCN(C(=O)C2CCN(C3=NS(=O)(=O)c4ccccc43)CC2)CC1. The maximum Gasteiger partial charge on any atom is 0.285 e. The van der Waals surface area contributed by atoms with Gasteiger partial charge < -0.3 is 9.80 Å². The van der Waals surface area contributed by atoms with Crippen molar-refractivity contribution in [3.8, 4) is 0 Å². The van der Waals surface area contributed by atoms with Crippen LogP contribution < -0.4 is 0 Å². The Morgan fingerprint density at radius 1 is 1.04 bits per heavy atom. The highest BCUT2D eigenvalue weighted by Crippen LogP contribution is 2.30. The Labute approximate surface area is 154 Å². The number of amides is 1. The third-order valence-electron chi connectivity index (χ3n) is 5.85. The highest BCUT2D eigenvalue weighted by atomic mass is 32.2. The summed E-state index contributed by atoms with van der Waals surface area (Å²) in [5.41, 5.74) is 0.683. The van der Waals surface area contributed by atoms with Gasteiger partial charge in [0.2, 0.25) is 5.91 Å². The van der Waals surface area contributed by atoms with Crippen molar-refractivity contribution in [3.05, 3.63) is 29.8 Å². The summed E-state index contributed by atoms with van der Waals surface area (Å²) >= 11 is 0. The topological polar surface area (TPSA) is 70.1 Å². The smallest absolute Gasteiger partial charge is 0.285 e. The van der Waals surface area contributed by atoms with Crippen molar-refractivity contribution in [1.29, 1.82) is 0 Å². The first-order valence-electron chi connectivity index (χ1n) is 9.44. The Kier molecular flexibility index (Phi) is 4.50. The van der Waals surface area contributed by atoms with Gasteiger partial charge in [-0.2, -0.15) is 8.42 Å². The lowest BCUT2D eigenvalue weighted by molar-refractivity contribution is -0.138. The molecule has 1 aromatic carbocycles. The van der Waals surface area contributed by atoms with E-state index in [0.717, 1.165) is 38.8 Å². The third-order valence-corrected chi connectivity index (χ3v) is 7.18. The Morgan fingerprint density at radius 2 is 1.69 bits per heavy atom. The van der Waals surface area contributed by atoms with Gasteiger partial charge in [-0.3, -0.25) is 4.79 Å². The summed E-state index contributed by atoms with van der Waals surface area (Å²) in [6.45, 7) is 5.33. The lowest BCUT2D eigenvalue weighted by Gasteiger charge is -2.37. The van der Waals surface area contributed by atoms with Crippen molar-refractivity contribution < 1.29 is 13.2 Å². The molecule has 0 N–H and O–H groups in total. The fourth-order valence-electron chi connectivity index (χ4n) is 4.14. The Hall–Kier alpha value is -1.89. The molecular weight excluding hydrogens is 350 g/mol. The first kappa shape index (κ1) is 17.5. The molecule has 2 fully saturated rings. The van der Waals surface area contributed by atoms with Gasteiger partial charge in [0.25, 0.3) is 10.0 Å². The average Bonchev–Trinajstić information content (AvgIpc) is 2.94. The van der Waals surface area contributed by atoms with Crippen molar-refractivity contribution in [2.24, 2.45) is 16.2 Å². The molecule has 3 heterocycles. The maximum atomic E-state index is 12.8. The number of sulfonamides is 1. The fraction of sp³-hybridized carbons (Fsp3) is 0.579. The third kappa shape index (κ3) is 3.13. The van der Waals surface area contributed by atoms with Gasteiger partial charge in [0.15, 0.2) is 5.84 Å². The summed E-state index contributed by atoms with van der Waals surface area (Å²) < 4.78 is 28.5. The molecule has 26 heavy (non-hydrogen) atoms. The van der Waals surface area contributed by atoms with Crippen LogP contribution in [0.3, 0.4) is 0 Å². The van der Waals surface area contributed by atoms with Crippen molar-refractivity contribution in [2.45, 2.75) is 37.5 Å². The quantitative estimate of drug-likeness (QED) is 0.754. The molecule has 140 valence electrons. The van der Waals surface area contributed by atoms with Crippen LogP contribution in [0, 0.1) is 11.8 Å². The Bertz CT molecular complexity index is 833. The number of benzene rings is 1. The van der Waals surface area contributed by atoms with Crippen LogP contribution in [0.4, 0.5) is 0 Å². The number of fused-ring (bicyclic) bond motifs is 1. The van der Waals surface area contributed by atoms with Crippen LogP contribution in [0.15, 0.2) is 33.6 Å². The van der Waals surface area contributed by atoms with Crippen molar-refractivity contribution in [2.75, 3.05) is 26.2 Å². The summed E-state index contributed by atoms with van der Waals surface area (Å²) in [5.74, 6) is 1.58. The number of rotatable bonds is 1.